The minimum atomic E-state index is -0.761. The summed E-state index contributed by atoms with van der Waals surface area (Å²) in [6, 6.07) is 5.76. The highest BCUT2D eigenvalue weighted by atomic mass is 19.1. The number of pyridine rings is 1. The summed E-state index contributed by atoms with van der Waals surface area (Å²) in [6.45, 7) is 4.32. The summed E-state index contributed by atoms with van der Waals surface area (Å²) in [6.07, 6.45) is 5.90. The summed E-state index contributed by atoms with van der Waals surface area (Å²) in [4.78, 5) is 30.2. The number of aromatic hydroxyl groups is 1. The molecule has 5 heterocycles. The number of carbonyl (C=O) groups excluding carboxylic acids is 1. The van der Waals surface area contributed by atoms with E-state index in [-0.39, 0.29) is 47.0 Å². The van der Waals surface area contributed by atoms with Crippen LogP contribution in [0.5, 0.6) is 11.8 Å². The van der Waals surface area contributed by atoms with E-state index in [2.05, 4.69) is 14.9 Å². The van der Waals surface area contributed by atoms with E-state index in [1.54, 1.807) is 6.07 Å². The highest BCUT2D eigenvalue weighted by molar-refractivity contribution is 6.01. The van der Waals surface area contributed by atoms with Gasteiger partial charge in [0.2, 0.25) is 0 Å². The molecule has 2 aromatic heterocycles. The summed E-state index contributed by atoms with van der Waals surface area (Å²) in [5.41, 5.74) is 0.830. The van der Waals surface area contributed by atoms with Gasteiger partial charge in [-0.05, 0) is 85.2 Å². The summed E-state index contributed by atoms with van der Waals surface area (Å²) < 4.78 is 56.5. The molecule has 0 bridgehead atoms. The Balaban J connectivity index is 1.34. The number of phenolic OH excluding ortho intramolecular Hbond substituents is 1. The minimum absolute atomic E-state index is 0.0291. The molecule has 4 aromatic rings. The fourth-order valence-electron chi connectivity index (χ4n) is 7.69. The van der Waals surface area contributed by atoms with Gasteiger partial charge in [0.1, 0.15) is 35.2 Å². The number of halogens is 3. The lowest BCUT2D eigenvalue weighted by atomic mass is 9.94. The molecule has 0 amide bonds. The Kier molecular flexibility index (Phi) is 8.15. The summed E-state index contributed by atoms with van der Waals surface area (Å²) in [5, 5.41) is 11.9. The molecule has 7 rings (SSSR count). The van der Waals surface area contributed by atoms with Crippen LogP contribution in [-0.4, -0.2) is 76.4 Å². The van der Waals surface area contributed by atoms with Crippen molar-refractivity contribution in [1.82, 2.24) is 19.9 Å². The molecular formula is C35H36F3N5O4. The van der Waals surface area contributed by atoms with Gasteiger partial charge in [-0.25, -0.2) is 13.2 Å². The molecule has 12 heteroatoms. The van der Waals surface area contributed by atoms with Gasteiger partial charge in [-0.2, -0.15) is 9.97 Å². The third-order valence-electron chi connectivity index (χ3n) is 10.0. The van der Waals surface area contributed by atoms with Crippen LogP contribution in [0.1, 0.15) is 44.6 Å². The maximum Gasteiger partial charge on any atom is 0.319 e. The SMILES string of the molecule is CCc1c(F)ccc2cc(O)cc(-c3ncc4c(N5CCC(C(=O)OC)CC5)nc(OC[C@@]56CCCN5C/C(=C\F)C6)nc4c3F)c12. The van der Waals surface area contributed by atoms with Crippen LogP contribution in [0.15, 0.2) is 42.4 Å². The van der Waals surface area contributed by atoms with Crippen LogP contribution in [0.3, 0.4) is 0 Å². The van der Waals surface area contributed by atoms with Gasteiger partial charge in [-0.15, -0.1) is 0 Å². The van der Waals surface area contributed by atoms with Crippen molar-refractivity contribution in [3.8, 4) is 23.0 Å². The standard InChI is InChI=1S/C35H36F3N5O4/c1-3-24-27(37)6-5-22-13-23(44)14-25(28(22)24)30-29(38)31-26(17-39-30)32(42-11-7-21(8-12-42)33(45)46-2)41-34(40-31)47-19-35-9-4-10-43(35)18-20(15-35)16-36/h5-6,13-14,16-17,21,44H,3-4,7-12,15,18-19H2,1-2H3/b20-16-/t35-/m0/s1. The van der Waals surface area contributed by atoms with Crippen LogP contribution in [0.2, 0.25) is 0 Å². The van der Waals surface area contributed by atoms with E-state index in [1.807, 2.05) is 11.8 Å². The van der Waals surface area contributed by atoms with Crippen LogP contribution in [0, 0.1) is 17.6 Å². The zero-order valence-electron chi connectivity index (χ0n) is 26.4. The molecule has 2 aromatic carbocycles. The molecule has 0 saturated carbocycles. The lowest BCUT2D eigenvalue weighted by Gasteiger charge is -2.33. The van der Waals surface area contributed by atoms with Gasteiger partial charge in [-0.3, -0.25) is 14.7 Å². The molecule has 1 N–H and O–H groups in total. The second-order valence-electron chi connectivity index (χ2n) is 12.8. The summed E-state index contributed by atoms with van der Waals surface area (Å²) in [5.74, 6) is -1.39. The number of rotatable bonds is 7. The van der Waals surface area contributed by atoms with E-state index >= 15 is 4.39 Å². The van der Waals surface area contributed by atoms with E-state index in [1.165, 1.54) is 31.5 Å². The largest absolute Gasteiger partial charge is 0.508 e. The van der Waals surface area contributed by atoms with E-state index in [0.717, 1.165) is 19.4 Å². The predicted octanol–water partition coefficient (Wildman–Crippen LogP) is 6.25. The van der Waals surface area contributed by atoms with E-state index in [4.69, 9.17) is 14.5 Å². The fraction of sp³-hybridized carbons (Fsp3) is 0.429. The summed E-state index contributed by atoms with van der Waals surface area (Å²) in [7, 11) is 1.37. The minimum Gasteiger partial charge on any atom is -0.508 e. The highest BCUT2D eigenvalue weighted by Gasteiger charge is 2.47. The molecule has 47 heavy (non-hydrogen) atoms. The van der Waals surface area contributed by atoms with E-state index in [0.29, 0.717) is 84.8 Å². The van der Waals surface area contributed by atoms with Crippen molar-refractivity contribution >= 4 is 33.5 Å². The predicted molar refractivity (Wildman–Crippen MR) is 171 cm³/mol. The van der Waals surface area contributed by atoms with Gasteiger partial charge in [0.25, 0.3) is 0 Å². The molecule has 246 valence electrons. The monoisotopic (exact) mass is 647 g/mol. The van der Waals surface area contributed by atoms with E-state index < -0.39 is 17.2 Å². The molecular weight excluding hydrogens is 611 g/mol. The van der Waals surface area contributed by atoms with Crippen molar-refractivity contribution in [2.45, 2.75) is 51.0 Å². The molecule has 1 atom stereocenters. The number of carbonyl (C=O) groups is 1. The Hall–Kier alpha value is -4.45. The van der Waals surface area contributed by atoms with Crippen LogP contribution >= 0.6 is 0 Å². The molecule has 0 spiro atoms. The first-order chi connectivity index (χ1) is 22.7. The number of hydrogen-bond acceptors (Lipinski definition) is 9. The van der Waals surface area contributed by atoms with Crippen molar-refractivity contribution < 1.29 is 32.5 Å². The third-order valence-corrected chi connectivity index (χ3v) is 10.0. The maximum absolute atomic E-state index is 16.8. The van der Waals surface area contributed by atoms with Gasteiger partial charge < -0.3 is 19.5 Å². The van der Waals surface area contributed by atoms with Crippen LogP contribution in [0.25, 0.3) is 32.9 Å². The Morgan fingerprint density at radius 3 is 2.72 bits per heavy atom. The van der Waals surface area contributed by atoms with Crippen molar-refractivity contribution in [2.75, 3.05) is 44.8 Å². The fourth-order valence-corrected chi connectivity index (χ4v) is 7.69. The second kappa shape index (κ2) is 12.3. The topological polar surface area (TPSA) is 101 Å². The lowest BCUT2D eigenvalue weighted by molar-refractivity contribution is -0.146. The number of benzene rings is 2. The number of aromatic nitrogens is 3. The average molecular weight is 648 g/mol. The maximum atomic E-state index is 16.8. The number of ether oxygens (including phenoxy) is 2. The average Bonchev–Trinajstić information content (AvgIpc) is 3.64. The second-order valence-corrected chi connectivity index (χ2v) is 12.8. The number of piperidine rings is 1. The molecule has 0 unspecified atom stereocenters. The van der Waals surface area contributed by atoms with Crippen LogP contribution in [-0.2, 0) is 16.0 Å². The normalized spacial score (nSPS) is 21.2. The number of anilines is 1. The number of nitrogens with zero attached hydrogens (tertiary/aromatic N) is 5. The quantitative estimate of drug-likeness (QED) is 0.233. The Morgan fingerprint density at radius 2 is 1.98 bits per heavy atom. The number of methoxy groups -OCH3 is 1. The Morgan fingerprint density at radius 1 is 1.17 bits per heavy atom. The molecule has 9 nitrogen and oxygen atoms in total. The third kappa shape index (κ3) is 5.42. The first-order valence-electron chi connectivity index (χ1n) is 16.0. The van der Waals surface area contributed by atoms with Crippen LogP contribution in [0.4, 0.5) is 19.0 Å². The van der Waals surface area contributed by atoms with Crippen LogP contribution < -0.4 is 9.64 Å². The molecule has 3 saturated heterocycles. The number of esters is 1. The van der Waals surface area contributed by atoms with Crippen molar-refractivity contribution in [2.24, 2.45) is 5.92 Å². The zero-order chi connectivity index (χ0) is 32.9. The number of phenols is 1. The van der Waals surface area contributed by atoms with Crippen molar-refractivity contribution in [3.63, 3.8) is 0 Å². The van der Waals surface area contributed by atoms with Gasteiger partial charge in [0, 0.05) is 31.4 Å². The van der Waals surface area contributed by atoms with Crippen molar-refractivity contribution in [3.05, 3.63) is 59.6 Å². The Labute approximate surface area is 270 Å². The number of hydrogen-bond donors (Lipinski definition) is 1. The first-order valence-corrected chi connectivity index (χ1v) is 16.0. The van der Waals surface area contributed by atoms with Gasteiger partial charge in [0.15, 0.2) is 5.82 Å². The number of fused-ring (bicyclic) bond motifs is 3. The molecule has 0 aliphatic carbocycles. The van der Waals surface area contributed by atoms with E-state index in [9.17, 15) is 18.7 Å². The molecule has 3 aliphatic rings. The van der Waals surface area contributed by atoms with Gasteiger partial charge in [-0.1, -0.05) is 13.0 Å². The van der Waals surface area contributed by atoms with Gasteiger partial charge in [0.05, 0.1) is 30.3 Å². The highest BCUT2D eigenvalue weighted by Crippen LogP contribution is 2.43. The van der Waals surface area contributed by atoms with Crippen molar-refractivity contribution in [1.29, 1.82) is 0 Å². The lowest BCUT2D eigenvalue weighted by Crippen LogP contribution is -2.43. The summed E-state index contributed by atoms with van der Waals surface area (Å²) >= 11 is 0. The zero-order valence-corrected chi connectivity index (χ0v) is 26.4. The molecule has 3 aliphatic heterocycles. The Bertz CT molecular complexity index is 1910. The smallest absolute Gasteiger partial charge is 0.319 e. The molecule has 0 radical (unpaired) electrons. The first kappa shape index (κ1) is 31.2. The van der Waals surface area contributed by atoms with Gasteiger partial charge >= 0.3 is 12.0 Å². The molecule has 3 fully saturated rings. The number of aryl methyl sites for hydroxylation is 1.